The van der Waals surface area contributed by atoms with Gasteiger partial charge in [-0.05, 0) is 67.6 Å². The number of hydrogen-bond donors (Lipinski definition) is 2. The molecule has 0 spiro atoms. The van der Waals surface area contributed by atoms with Crippen molar-refractivity contribution in [2.24, 2.45) is 0 Å². The quantitative estimate of drug-likeness (QED) is 0.0901. The zero-order chi connectivity index (χ0) is 39.0. The summed E-state index contributed by atoms with van der Waals surface area (Å²) in [6, 6.07) is 11.4. The second-order valence-electron chi connectivity index (χ2n) is 13.6. The molecule has 280 valence electrons. The van der Waals surface area contributed by atoms with Crippen LogP contribution < -0.4 is 4.90 Å². The molecule has 0 fully saturated rings. The number of anilines is 1. The summed E-state index contributed by atoms with van der Waals surface area (Å²) < 4.78 is 63.8. The molecular weight excluding hydrogens is 761 g/mol. The van der Waals surface area contributed by atoms with E-state index in [1.165, 1.54) is 22.7 Å². The number of thiophene rings is 2. The van der Waals surface area contributed by atoms with Gasteiger partial charge < -0.3 is 19.7 Å². The van der Waals surface area contributed by atoms with Crippen LogP contribution in [0.5, 0.6) is 0 Å². The highest BCUT2D eigenvalue weighted by atomic mass is 32.2. The summed E-state index contributed by atoms with van der Waals surface area (Å²) in [6.45, 7) is 11.7. The van der Waals surface area contributed by atoms with Gasteiger partial charge in [-0.15, -0.1) is 35.3 Å². The molecule has 6 rings (SSSR count). The molecular formula is C37H38N2O10S4. The van der Waals surface area contributed by atoms with Gasteiger partial charge in [-0.1, -0.05) is 39.0 Å². The van der Waals surface area contributed by atoms with Crippen molar-refractivity contribution in [1.82, 2.24) is 0 Å². The van der Waals surface area contributed by atoms with E-state index in [2.05, 4.69) is 51.3 Å². The minimum absolute atomic E-state index is 0.150. The summed E-state index contributed by atoms with van der Waals surface area (Å²) in [6.07, 6.45) is 11.1. The van der Waals surface area contributed by atoms with Crippen molar-refractivity contribution in [3.8, 4) is 0 Å². The summed E-state index contributed by atoms with van der Waals surface area (Å²) in [5.74, 6) is -2.38. The van der Waals surface area contributed by atoms with E-state index < -0.39 is 43.8 Å². The largest absolute Gasteiger partial charge is 0.748 e. The Labute approximate surface area is 316 Å². The number of benzene rings is 2. The Morgan fingerprint density at radius 1 is 0.887 bits per heavy atom. The van der Waals surface area contributed by atoms with Gasteiger partial charge in [0.05, 0.1) is 15.5 Å². The third kappa shape index (κ3) is 7.92. The van der Waals surface area contributed by atoms with E-state index in [-0.39, 0.29) is 16.7 Å². The molecule has 2 aromatic carbocycles. The number of allylic oxidation sites excluding steroid dienone is 6. The smallest absolute Gasteiger partial charge is 0.425 e. The molecule has 2 aromatic heterocycles. The van der Waals surface area contributed by atoms with Gasteiger partial charge >= 0.3 is 22.5 Å². The van der Waals surface area contributed by atoms with Gasteiger partial charge in [0, 0.05) is 68.0 Å². The molecule has 53 heavy (non-hydrogen) atoms. The summed E-state index contributed by atoms with van der Waals surface area (Å²) in [5.41, 5.74) is 5.15. The summed E-state index contributed by atoms with van der Waals surface area (Å²) in [7, 11) is -7.49. The van der Waals surface area contributed by atoms with Gasteiger partial charge in [0.1, 0.15) is 16.3 Å². The third-order valence-electron chi connectivity index (χ3n) is 9.43. The standard InChI is InChI=1S/C37H38N2O7S3.O3S/c1-6-17-38-24-13-15-26-22(20-28(47-26)34(40)41)32(24)36(2,3)30(38)11-8-7-9-12-31-37(4,5)33-23-21-29(35(42)43)48-27(23)16-14-25(33)39(31)18-10-19-49(44,45)46;1-4(2)3/h7-9,11-16,20-21H,6,10,17-19H2,1-5H3,(H2-,40,41,42,43,44,45,46);. The molecule has 0 saturated carbocycles. The second kappa shape index (κ2) is 15.1. The van der Waals surface area contributed by atoms with Crippen molar-refractivity contribution >= 4 is 92.6 Å². The van der Waals surface area contributed by atoms with Gasteiger partial charge in [-0.3, -0.25) is 0 Å². The highest BCUT2D eigenvalue weighted by molar-refractivity contribution is 7.85. The van der Waals surface area contributed by atoms with E-state index in [9.17, 15) is 32.8 Å². The maximum absolute atomic E-state index is 11.8. The maximum atomic E-state index is 11.8. The molecule has 2 aliphatic rings. The number of carbonyl (C=O) groups is 2. The fourth-order valence-corrected chi connectivity index (χ4v) is 9.72. The van der Waals surface area contributed by atoms with Gasteiger partial charge in [0.25, 0.3) is 0 Å². The number of carboxylic acids is 2. The minimum Gasteiger partial charge on any atom is -0.748 e. The first-order valence-electron chi connectivity index (χ1n) is 16.6. The monoisotopic (exact) mass is 798 g/mol. The second-order valence-corrected chi connectivity index (χ2v) is 17.7. The van der Waals surface area contributed by atoms with E-state index in [0.717, 1.165) is 67.0 Å². The first kappa shape index (κ1) is 39.7. The normalized spacial score (nSPS) is 16.9. The predicted octanol–water partition coefficient (Wildman–Crippen LogP) is 7.02. The van der Waals surface area contributed by atoms with Crippen LogP contribution in [0.2, 0.25) is 0 Å². The van der Waals surface area contributed by atoms with E-state index in [1.54, 1.807) is 12.1 Å². The van der Waals surface area contributed by atoms with Crippen LogP contribution in [0.1, 0.15) is 77.9 Å². The molecule has 12 nitrogen and oxygen atoms in total. The molecule has 0 unspecified atom stereocenters. The Bertz CT molecular complexity index is 2500. The van der Waals surface area contributed by atoms with Gasteiger partial charge in [0.2, 0.25) is 5.69 Å². The van der Waals surface area contributed by atoms with Crippen LogP contribution in [-0.4, -0.2) is 76.9 Å². The van der Waals surface area contributed by atoms with Crippen LogP contribution in [0.25, 0.3) is 20.2 Å². The van der Waals surface area contributed by atoms with Crippen molar-refractivity contribution in [3.05, 3.63) is 93.4 Å². The van der Waals surface area contributed by atoms with Gasteiger partial charge in [0.15, 0.2) is 5.71 Å². The molecule has 0 saturated heterocycles. The van der Waals surface area contributed by atoms with Gasteiger partial charge in [-0.2, -0.15) is 4.58 Å². The topological polar surface area (TPSA) is 189 Å². The zero-order valence-electron chi connectivity index (χ0n) is 29.6. The molecule has 16 heteroatoms. The van der Waals surface area contributed by atoms with Crippen molar-refractivity contribution < 1.29 is 50.0 Å². The number of hydrogen-bond acceptors (Lipinski definition) is 11. The van der Waals surface area contributed by atoms with E-state index in [4.69, 9.17) is 12.6 Å². The highest BCUT2D eigenvalue weighted by Crippen LogP contribution is 2.52. The highest BCUT2D eigenvalue weighted by Gasteiger charge is 2.46. The van der Waals surface area contributed by atoms with E-state index >= 15 is 0 Å². The lowest BCUT2D eigenvalue weighted by Crippen LogP contribution is -2.28. The lowest BCUT2D eigenvalue weighted by atomic mass is 9.80. The summed E-state index contributed by atoms with van der Waals surface area (Å²) in [5, 5.41) is 21.1. The molecule has 2 aliphatic heterocycles. The fraction of sp³-hybridized carbons (Fsp3) is 0.324. The Kier molecular flexibility index (Phi) is 11.3. The molecule has 0 amide bonds. The van der Waals surface area contributed by atoms with Crippen LogP contribution in [0.15, 0.2) is 72.5 Å². The zero-order valence-corrected chi connectivity index (χ0v) is 32.8. The van der Waals surface area contributed by atoms with Gasteiger partial charge in [-0.25, -0.2) is 18.0 Å². The fourth-order valence-electron chi connectivity index (χ4n) is 7.42. The first-order chi connectivity index (χ1) is 24.8. The number of rotatable bonds is 11. The molecule has 0 radical (unpaired) electrons. The van der Waals surface area contributed by atoms with Crippen LogP contribution in [0.4, 0.5) is 11.4 Å². The number of carboxylic acid groups (broad SMARTS) is 2. The lowest BCUT2D eigenvalue weighted by Gasteiger charge is -2.27. The molecule has 0 atom stereocenters. The summed E-state index contributed by atoms with van der Waals surface area (Å²) >= 11 is 2.51. The van der Waals surface area contributed by atoms with Crippen LogP contribution >= 0.6 is 22.7 Å². The average molecular weight is 799 g/mol. The molecule has 4 heterocycles. The summed E-state index contributed by atoms with van der Waals surface area (Å²) in [4.78, 5) is 26.2. The molecule has 2 N–H and O–H groups in total. The van der Waals surface area contributed by atoms with Crippen molar-refractivity contribution in [2.75, 3.05) is 23.7 Å². The first-order valence-corrected chi connectivity index (χ1v) is 20.8. The van der Waals surface area contributed by atoms with Crippen LogP contribution in [-0.2, 0) is 31.6 Å². The lowest BCUT2D eigenvalue weighted by molar-refractivity contribution is -0.437. The molecule has 0 aliphatic carbocycles. The van der Waals surface area contributed by atoms with Crippen LogP contribution in [0.3, 0.4) is 0 Å². The maximum Gasteiger partial charge on any atom is 0.425 e. The van der Waals surface area contributed by atoms with Crippen molar-refractivity contribution in [1.29, 1.82) is 0 Å². The van der Waals surface area contributed by atoms with E-state index in [1.807, 2.05) is 47.4 Å². The Balaban J connectivity index is 0.00000129. The molecule has 0 bridgehead atoms. The third-order valence-corrected chi connectivity index (χ3v) is 12.4. The van der Waals surface area contributed by atoms with Crippen LogP contribution in [0, 0.1) is 0 Å². The Hall–Kier alpha value is -4.48. The van der Waals surface area contributed by atoms with Crippen molar-refractivity contribution in [2.45, 2.75) is 58.3 Å². The predicted molar refractivity (Wildman–Crippen MR) is 206 cm³/mol. The Morgan fingerprint density at radius 3 is 2.00 bits per heavy atom. The number of aromatic carboxylic acids is 2. The number of nitrogens with zero attached hydrogens (tertiary/aromatic N) is 2. The minimum atomic E-state index is -4.38. The van der Waals surface area contributed by atoms with E-state index in [0.29, 0.717) is 11.4 Å². The number of fused-ring (bicyclic) bond motifs is 6. The van der Waals surface area contributed by atoms with Crippen molar-refractivity contribution in [3.63, 3.8) is 0 Å². The SMILES string of the molecule is CCC[N+]1=C(C=CC=CC=C2N(CCCS(=O)(=O)[O-])c3ccc4sc(C(=O)O)cc4c3C2(C)C)C(C)(C)c2c1ccc1sc(C(=O)O)cc21.O=S(=O)=O. The average Bonchev–Trinajstić information content (AvgIpc) is 3.77. The molecule has 4 aromatic rings. The Morgan fingerprint density at radius 2 is 1.45 bits per heavy atom.